The van der Waals surface area contributed by atoms with Crippen molar-refractivity contribution in [2.24, 2.45) is 0 Å². The predicted molar refractivity (Wildman–Crippen MR) is 114 cm³/mol. The van der Waals surface area contributed by atoms with Crippen LogP contribution in [0.5, 0.6) is 0 Å². The Balaban J connectivity index is 2.32. The van der Waals surface area contributed by atoms with Crippen molar-refractivity contribution >= 4 is 11.8 Å². The average molecular weight is 399 g/mol. The Bertz CT molecular complexity index is 841. The monoisotopic (exact) mass is 398 g/mol. The molecular weight excluding hydrogens is 367 g/mol. The number of rotatable bonds is 7. The summed E-state index contributed by atoms with van der Waals surface area (Å²) in [5.41, 5.74) is 1.97. The second kappa shape index (κ2) is 9.68. The Labute approximate surface area is 173 Å². The molecule has 0 unspecified atom stereocenters. The Morgan fingerprint density at radius 3 is 2.24 bits per heavy atom. The molecule has 0 fully saturated rings. The van der Waals surface area contributed by atoms with Gasteiger partial charge in [-0.3, -0.25) is 9.59 Å². The first kappa shape index (κ1) is 22.6. The molecule has 2 rings (SSSR count). The molecule has 0 bridgehead atoms. The van der Waals surface area contributed by atoms with Gasteiger partial charge < -0.3 is 10.2 Å². The molecule has 0 aliphatic carbocycles. The summed E-state index contributed by atoms with van der Waals surface area (Å²) in [5, 5.41) is 2.97. The summed E-state index contributed by atoms with van der Waals surface area (Å²) >= 11 is 0. The van der Waals surface area contributed by atoms with Crippen molar-refractivity contribution in [3.05, 3.63) is 71.0 Å². The molecule has 0 aliphatic heterocycles. The van der Waals surface area contributed by atoms with E-state index in [1.807, 2.05) is 58.9 Å². The standard InChI is InChI=1S/C24H31FN2O2/c1-6-21(23(29)26-24(3,4)5)27(16-18-13-11-17(2)12-14-18)22(28)15-19-9-7-8-10-20(19)25/h7-14,21H,6,15-16H2,1-5H3,(H,26,29)/t21-/m1/s1. The number of nitrogens with zero attached hydrogens (tertiary/aromatic N) is 1. The van der Waals surface area contributed by atoms with Gasteiger partial charge in [-0.2, -0.15) is 0 Å². The lowest BCUT2D eigenvalue weighted by Crippen LogP contribution is -2.53. The van der Waals surface area contributed by atoms with Crippen molar-refractivity contribution in [1.29, 1.82) is 0 Å². The zero-order chi connectivity index (χ0) is 21.6. The highest BCUT2D eigenvalue weighted by Gasteiger charge is 2.30. The number of aryl methyl sites for hydroxylation is 1. The van der Waals surface area contributed by atoms with Gasteiger partial charge in [-0.25, -0.2) is 4.39 Å². The number of benzene rings is 2. The summed E-state index contributed by atoms with van der Waals surface area (Å²) in [6.45, 7) is 9.89. The lowest BCUT2D eigenvalue weighted by Gasteiger charge is -2.33. The van der Waals surface area contributed by atoms with Crippen molar-refractivity contribution < 1.29 is 14.0 Å². The molecule has 0 saturated heterocycles. The number of hydrogen-bond donors (Lipinski definition) is 1. The van der Waals surface area contributed by atoms with Gasteiger partial charge in [0.1, 0.15) is 11.9 Å². The van der Waals surface area contributed by atoms with Crippen LogP contribution < -0.4 is 5.32 Å². The summed E-state index contributed by atoms with van der Waals surface area (Å²) in [5.74, 6) is -0.885. The van der Waals surface area contributed by atoms with Crippen molar-refractivity contribution in [1.82, 2.24) is 10.2 Å². The number of amides is 2. The molecule has 0 spiro atoms. The second-order valence-corrected chi connectivity index (χ2v) is 8.44. The van der Waals surface area contributed by atoms with Crippen LogP contribution >= 0.6 is 0 Å². The van der Waals surface area contributed by atoms with E-state index in [-0.39, 0.29) is 18.2 Å². The first-order valence-corrected chi connectivity index (χ1v) is 10.0. The van der Waals surface area contributed by atoms with Crippen molar-refractivity contribution in [2.75, 3.05) is 0 Å². The van der Waals surface area contributed by atoms with E-state index in [0.717, 1.165) is 11.1 Å². The van der Waals surface area contributed by atoms with Crippen LogP contribution in [0.2, 0.25) is 0 Å². The molecule has 156 valence electrons. The quantitative estimate of drug-likeness (QED) is 0.752. The molecule has 1 N–H and O–H groups in total. The maximum atomic E-state index is 14.1. The number of carbonyl (C=O) groups excluding carboxylic acids is 2. The highest BCUT2D eigenvalue weighted by Crippen LogP contribution is 2.17. The summed E-state index contributed by atoms with van der Waals surface area (Å²) in [7, 11) is 0. The van der Waals surface area contributed by atoms with Gasteiger partial charge in [0, 0.05) is 12.1 Å². The zero-order valence-electron chi connectivity index (χ0n) is 18.0. The van der Waals surface area contributed by atoms with Crippen molar-refractivity contribution in [3.63, 3.8) is 0 Å². The van der Waals surface area contributed by atoms with Gasteiger partial charge >= 0.3 is 0 Å². The fourth-order valence-electron chi connectivity index (χ4n) is 3.17. The van der Waals surface area contributed by atoms with Gasteiger partial charge in [-0.1, -0.05) is 55.0 Å². The second-order valence-electron chi connectivity index (χ2n) is 8.44. The van der Waals surface area contributed by atoms with Gasteiger partial charge in [0.2, 0.25) is 11.8 Å². The topological polar surface area (TPSA) is 49.4 Å². The summed E-state index contributed by atoms with van der Waals surface area (Å²) in [4.78, 5) is 27.7. The molecule has 29 heavy (non-hydrogen) atoms. The van der Waals surface area contributed by atoms with Gasteiger partial charge in [-0.05, 0) is 51.3 Å². The lowest BCUT2D eigenvalue weighted by molar-refractivity contribution is -0.141. The van der Waals surface area contributed by atoms with Crippen LogP contribution in [0.1, 0.15) is 50.8 Å². The molecule has 0 aliphatic rings. The van der Waals surface area contributed by atoms with Crippen LogP contribution in [-0.4, -0.2) is 28.3 Å². The fraction of sp³-hybridized carbons (Fsp3) is 0.417. The van der Waals surface area contributed by atoms with Gasteiger partial charge in [0.15, 0.2) is 0 Å². The molecule has 2 amide bonds. The highest BCUT2D eigenvalue weighted by atomic mass is 19.1. The van der Waals surface area contributed by atoms with Crippen LogP contribution in [0.25, 0.3) is 0 Å². The number of nitrogens with one attached hydrogen (secondary N) is 1. The van der Waals surface area contributed by atoms with Gasteiger partial charge in [0.25, 0.3) is 0 Å². The van der Waals surface area contributed by atoms with E-state index in [1.165, 1.54) is 6.07 Å². The Kier molecular flexibility index (Phi) is 7.54. The normalized spacial score (nSPS) is 12.3. The number of hydrogen-bond acceptors (Lipinski definition) is 2. The van der Waals surface area contributed by atoms with Crippen LogP contribution in [-0.2, 0) is 22.6 Å². The Hall–Kier alpha value is -2.69. The minimum Gasteiger partial charge on any atom is -0.350 e. The maximum Gasteiger partial charge on any atom is 0.243 e. The van der Waals surface area contributed by atoms with E-state index in [0.29, 0.717) is 18.5 Å². The number of halogens is 1. The smallest absolute Gasteiger partial charge is 0.243 e. The first-order chi connectivity index (χ1) is 13.6. The van der Waals surface area contributed by atoms with Crippen LogP contribution in [0.3, 0.4) is 0 Å². The molecule has 4 nitrogen and oxygen atoms in total. The molecule has 2 aromatic carbocycles. The largest absolute Gasteiger partial charge is 0.350 e. The van der Waals surface area contributed by atoms with E-state index >= 15 is 0 Å². The molecule has 2 aromatic rings. The van der Waals surface area contributed by atoms with E-state index in [1.54, 1.807) is 23.1 Å². The van der Waals surface area contributed by atoms with E-state index in [4.69, 9.17) is 0 Å². The third kappa shape index (κ3) is 6.70. The Morgan fingerprint density at radius 1 is 1.07 bits per heavy atom. The summed E-state index contributed by atoms with van der Waals surface area (Å²) in [6, 6.07) is 13.5. The van der Waals surface area contributed by atoms with E-state index in [2.05, 4.69) is 5.32 Å². The van der Waals surface area contributed by atoms with Crippen molar-refractivity contribution in [3.8, 4) is 0 Å². The van der Waals surface area contributed by atoms with E-state index in [9.17, 15) is 14.0 Å². The van der Waals surface area contributed by atoms with Gasteiger partial charge in [0.05, 0.1) is 6.42 Å². The first-order valence-electron chi connectivity index (χ1n) is 10.0. The number of carbonyl (C=O) groups is 2. The molecule has 0 heterocycles. The lowest BCUT2D eigenvalue weighted by atomic mass is 10.0. The Morgan fingerprint density at radius 2 is 1.69 bits per heavy atom. The van der Waals surface area contributed by atoms with Crippen LogP contribution in [0.4, 0.5) is 4.39 Å². The minimum absolute atomic E-state index is 0.0855. The SMILES string of the molecule is CC[C@H](C(=O)NC(C)(C)C)N(Cc1ccc(C)cc1)C(=O)Cc1ccccc1F. The molecule has 5 heteroatoms. The van der Waals surface area contributed by atoms with Crippen LogP contribution in [0, 0.1) is 12.7 Å². The molecular formula is C24H31FN2O2. The average Bonchev–Trinajstić information content (AvgIpc) is 2.63. The predicted octanol–water partition coefficient (Wildman–Crippen LogP) is 4.40. The summed E-state index contributed by atoms with van der Waals surface area (Å²) in [6.07, 6.45) is 0.384. The van der Waals surface area contributed by atoms with Gasteiger partial charge in [-0.15, -0.1) is 0 Å². The highest BCUT2D eigenvalue weighted by molar-refractivity contribution is 5.88. The third-order valence-electron chi connectivity index (χ3n) is 4.66. The van der Waals surface area contributed by atoms with E-state index < -0.39 is 17.4 Å². The molecule has 0 aromatic heterocycles. The summed E-state index contributed by atoms with van der Waals surface area (Å²) < 4.78 is 14.1. The molecule has 0 radical (unpaired) electrons. The third-order valence-corrected chi connectivity index (χ3v) is 4.66. The maximum absolute atomic E-state index is 14.1. The van der Waals surface area contributed by atoms with Crippen molar-refractivity contribution in [2.45, 2.75) is 65.6 Å². The fourth-order valence-corrected chi connectivity index (χ4v) is 3.17. The zero-order valence-corrected chi connectivity index (χ0v) is 18.0. The molecule has 0 saturated carbocycles. The van der Waals surface area contributed by atoms with Crippen LogP contribution in [0.15, 0.2) is 48.5 Å². The minimum atomic E-state index is -0.630. The molecule has 1 atom stereocenters.